The molecule has 3 nitrogen and oxygen atoms in total. The van der Waals surface area contributed by atoms with Crippen LogP contribution in [0.4, 0.5) is 4.39 Å². The molecule has 2 rings (SSSR count). The third-order valence-electron chi connectivity index (χ3n) is 2.43. The number of nitrogens with one attached hydrogen (secondary N) is 1. The van der Waals surface area contributed by atoms with Crippen LogP contribution in [0.25, 0.3) is 0 Å². The monoisotopic (exact) mass is 307 g/mol. The summed E-state index contributed by atoms with van der Waals surface area (Å²) in [4.78, 5) is 0. The molecule has 1 aromatic carbocycles. The van der Waals surface area contributed by atoms with Crippen LogP contribution in [-0.4, -0.2) is 13.7 Å². The molecular formula is C10H11BrFNO2S. The lowest BCUT2D eigenvalue weighted by molar-refractivity contribution is 0.573. The molecule has 0 unspecified atom stereocenters. The van der Waals surface area contributed by atoms with E-state index >= 15 is 0 Å². The van der Waals surface area contributed by atoms with Gasteiger partial charge in [-0.05, 0) is 31.0 Å². The Morgan fingerprint density at radius 3 is 2.75 bits per heavy atom. The first-order valence-corrected chi connectivity index (χ1v) is 7.25. The summed E-state index contributed by atoms with van der Waals surface area (Å²) >= 11 is 3.21. The number of rotatable bonds is 4. The Hall–Kier alpha value is -0.460. The van der Waals surface area contributed by atoms with Gasteiger partial charge in [0.1, 0.15) is 5.82 Å². The molecule has 1 N–H and O–H groups in total. The van der Waals surface area contributed by atoms with Gasteiger partial charge in [-0.3, -0.25) is 0 Å². The summed E-state index contributed by atoms with van der Waals surface area (Å²) in [5, 5.41) is -0.275. The Labute approximate surface area is 102 Å². The maximum Gasteiger partial charge on any atom is 0.214 e. The lowest BCUT2D eigenvalue weighted by atomic mass is 10.2. The van der Waals surface area contributed by atoms with Crippen LogP contribution in [0.1, 0.15) is 18.4 Å². The summed E-state index contributed by atoms with van der Waals surface area (Å²) in [6.07, 6.45) is 1.41. The highest BCUT2D eigenvalue weighted by Crippen LogP contribution is 2.27. The summed E-state index contributed by atoms with van der Waals surface area (Å²) < 4.78 is 39.5. The van der Waals surface area contributed by atoms with Crippen molar-refractivity contribution in [3.8, 4) is 0 Å². The topological polar surface area (TPSA) is 46.2 Å². The fourth-order valence-corrected chi connectivity index (χ4v) is 3.11. The summed E-state index contributed by atoms with van der Waals surface area (Å²) in [5.41, 5.74) is 0.346. The Morgan fingerprint density at radius 2 is 2.12 bits per heavy atom. The predicted octanol–water partition coefficient (Wildman–Crippen LogP) is 2.17. The maximum atomic E-state index is 13.3. The van der Waals surface area contributed by atoms with E-state index in [9.17, 15) is 12.8 Å². The van der Waals surface area contributed by atoms with E-state index in [1.807, 2.05) is 0 Å². The van der Waals surface area contributed by atoms with Crippen LogP contribution in [0.5, 0.6) is 0 Å². The van der Waals surface area contributed by atoms with Crippen LogP contribution in [0.15, 0.2) is 22.7 Å². The van der Waals surface area contributed by atoms with E-state index in [1.54, 1.807) is 12.1 Å². The Kier molecular flexibility index (Phi) is 3.32. The lowest BCUT2D eigenvalue weighted by Crippen LogP contribution is -2.27. The molecule has 1 fully saturated rings. The van der Waals surface area contributed by atoms with Crippen LogP contribution in [0.2, 0.25) is 0 Å². The van der Waals surface area contributed by atoms with Gasteiger partial charge in [0.05, 0.1) is 5.25 Å². The van der Waals surface area contributed by atoms with Crippen molar-refractivity contribution in [2.75, 3.05) is 0 Å². The van der Waals surface area contributed by atoms with Crippen molar-refractivity contribution >= 4 is 26.0 Å². The molecule has 0 bridgehead atoms. The summed E-state index contributed by atoms with van der Waals surface area (Å²) in [5.74, 6) is -0.401. The van der Waals surface area contributed by atoms with Gasteiger partial charge >= 0.3 is 0 Å². The summed E-state index contributed by atoms with van der Waals surface area (Å²) in [7, 11) is -3.25. The standard InChI is InChI=1S/C10H11BrFNO2S/c11-8-1-4-10(12)7(5-8)6-13-16(14,15)9-2-3-9/h1,4-5,9,13H,2-3,6H2. The second kappa shape index (κ2) is 4.43. The molecular weight excluding hydrogens is 297 g/mol. The van der Waals surface area contributed by atoms with Crippen LogP contribution < -0.4 is 4.72 Å². The van der Waals surface area contributed by atoms with E-state index in [-0.39, 0.29) is 11.8 Å². The second-order valence-electron chi connectivity index (χ2n) is 3.80. The molecule has 0 spiro atoms. The van der Waals surface area contributed by atoms with E-state index in [0.29, 0.717) is 18.4 Å². The van der Waals surface area contributed by atoms with Crippen molar-refractivity contribution in [1.82, 2.24) is 4.72 Å². The molecule has 0 heterocycles. The van der Waals surface area contributed by atoms with E-state index in [0.717, 1.165) is 4.47 Å². The van der Waals surface area contributed by atoms with Gasteiger partial charge < -0.3 is 0 Å². The van der Waals surface area contributed by atoms with E-state index in [1.165, 1.54) is 6.07 Å². The molecule has 1 aromatic rings. The number of hydrogen-bond donors (Lipinski definition) is 1. The largest absolute Gasteiger partial charge is 0.214 e. The van der Waals surface area contributed by atoms with E-state index in [2.05, 4.69) is 20.7 Å². The van der Waals surface area contributed by atoms with Gasteiger partial charge in [0, 0.05) is 16.6 Å². The zero-order valence-corrected chi connectivity index (χ0v) is 10.8. The van der Waals surface area contributed by atoms with Crippen LogP contribution in [-0.2, 0) is 16.6 Å². The van der Waals surface area contributed by atoms with Gasteiger partial charge in [0.2, 0.25) is 10.0 Å². The number of hydrogen-bond acceptors (Lipinski definition) is 2. The van der Waals surface area contributed by atoms with Crippen molar-refractivity contribution in [3.05, 3.63) is 34.1 Å². The minimum Gasteiger partial charge on any atom is -0.212 e. The van der Waals surface area contributed by atoms with Gasteiger partial charge in [-0.25, -0.2) is 17.5 Å². The van der Waals surface area contributed by atoms with Gasteiger partial charge in [-0.2, -0.15) is 0 Å². The Bertz CT molecular complexity index is 500. The van der Waals surface area contributed by atoms with Crippen molar-refractivity contribution in [2.45, 2.75) is 24.6 Å². The van der Waals surface area contributed by atoms with E-state index in [4.69, 9.17) is 0 Å². The number of sulfonamides is 1. The summed E-state index contributed by atoms with van der Waals surface area (Å²) in [6.45, 7) is 0.00407. The molecule has 0 aromatic heterocycles. The first-order valence-electron chi connectivity index (χ1n) is 4.91. The molecule has 16 heavy (non-hydrogen) atoms. The average Bonchev–Trinajstić information content (AvgIpc) is 3.03. The third-order valence-corrected chi connectivity index (χ3v) is 4.82. The molecule has 6 heteroatoms. The van der Waals surface area contributed by atoms with Crippen molar-refractivity contribution < 1.29 is 12.8 Å². The third kappa shape index (κ3) is 2.81. The maximum absolute atomic E-state index is 13.3. The van der Waals surface area contributed by atoms with Crippen LogP contribution >= 0.6 is 15.9 Å². The van der Waals surface area contributed by atoms with Gasteiger partial charge in [0.15, 0.2) is 0 Å². The molecule has 1 saturated carbocycles. The zero-order chi connectivity index (χ0) is 11.8. The fourth-order valence-electron chi connectivity index (χ4n) is 1.35. The van der Waals surface area contributed by atoms with Gasteiger partial charge in [-0.1, -0.05) is 15.9 Å². The molecule has 1 aliphatic rings. The highest BCUT2D eigenvalue weighted by molar-refractivity contribution is 9.10. The molecule has 88 valence electrons. The smallest absolute Gasteiger partial charge is 0.212 e. The molecule has 0 amide bonds. The fraction of sp³-hybridized carbons (Fsp3) is 0.400. The quantitative estimate of drug-likeness (QED) is 0.926. The summed E-state index contributed by atoms with van der Waals surface area (Å²) in [6, 6.07) is 4.46. The Morgan fingerprint density at radius 1 is 1.44 bits per heavy atom. The van der Waals surface area contributed by atoms with Gasteiger partial charge in [0.25, 0.3) is 0 Å². The van der Waals surface area contributed by atoms with Crippen LogP contribution in [0.3, 0.4) is 0 Å². The van der Waals surface area contributed by atoms with Crippen molar-refractivity contribution in [1.29, 1.82) is 0 Å². The molecule has 1 aliphatic carbocycles. The minimum absolute atomic E-state index is 0.00407. The predicted molar refractivity (Wildman–Crippen MR) is 62.9 cm³/mol. The normalized spacial score (nSPS) is 16.4. The van der Waals surface area contributed by atoms with E-state index < -0.39 is 15.8 Å². The number of halogens is 2. The molecule has 0 radical (unpaired) electrons. The van der Waals surface area contributed by atoms with Crippen LogP contribution in [0, 0.1) is 5.82 Å². The zero-order valence-electron chi connectivity index (χ0n) is 8.41. The first kappa shape index (κ1) is 12.0. The molecule has 0 aliphatic heterocycles. The minimum atomic E-state index is -3.25. The molecule has 0 atom stereocenters. The SMILES string of the molecule is O=S(=O)(NCc1cc(Br)ccc1F)C1CC1. The average molecular weight is 308 g/mol. The van der Waals surface area contributed by atoms with Crippen molar-refractivity contribution in [2.24, 2.45) is 0 Å². The highest BCUT2D eigenvalue weighted by atomic mass is 79.9. The first-order chi connectivity index (χ1) is 7.49. The number of benzene rings is 1. The Balaban J connectivity index is 2.07. The second-order valence-corrected chi connectivity index (χ2v) is 6.76. The van der Waals surface area contributed by atoms with Crippen molar-refractivity contribution in [3.63, 3.8) is 0 Å². The lowest BCUT2D eigenvalue weighted by Gasteiger charge is -2.06. The van der Waals surface area contributed by atoms with Gasteiger partial charge in [-0.15, -0.1) is 0 Å². The molecule has 0 saturated heterocycles. The highest BCUT2D eigenvalue weighted by Gasteiger charge is 2.35.